The van der Waals surface area contributed by atoms with E-state index >= 15 is 0 Å². The van der Waals surface area contributed by atoms with Crippen molar-refractivity contribution in [2.75, 3.05) is 18.0 Å². The van der Waals surface area contributed by atoms with E-state index in [1.165, 1.54) is 12.4 Å². The van der Waals surface area contributed by atoms with Crippen molar-refractivity contribution in [1.82, 2.24) is 14.9 Å². The molecule has 3 heterocycles. The number of rotatable bonds is 2. The van der Waals surface area contributed by atoms with Gasteiger partial charge in [-0.25, -0.2) is 19.6 Å². The van der Waals surface area contributed by atoms with Crippen molar-refractivity contribution < 1.29 is 19.4 Å². The molecule has 24 heavy (non-hydrogen) atoms. The fourth-order valence-corrected chi connectivity index (χ4v) is 3.27. The number of carboxylic acids is 1. The smallest absolute Gasteiger partial charge is 0.410 e. The highest BCUT2D eigenvalue weighted by molar-refractivity contribution is 5.86. The van der Waals surface area contributed by atoms with Gasteiger partial charge in [0.1, 0.15) is 5.60 Å². The van der Waals surface area contributed by atoms with Gasteiger partial charge < -0.3 is 14.7 Å². The van der Waals surface area contributed by atoms with Crippen LogP contribution in [0, 0.1) is 0 Å². The number of carboxylic acid groups (broad SMARTS) is 1. The Morgan fingerprint density at radius 3 is 2.17 bits per heavy atom. The SMILES string of the molecule is CC(C)(C)OC(=O)N1C2CCC1CN(c1ncc(C(=O)O)cn1)C2. The summed E-state index contributed by atoms with van der Waals surface area (Å²) in [6.07, 6.45) is 4.21. The molecule has 0 aromatic carbocycles. The van der Waals surface area contributed by atoms with Crippen LogP contribution in [0.5, 0.6) is 0 Å². The van der Waals surface area contributed by atoms with Gasteiger partial charge in [-0.1, -0.05) is 0 Å². The molecule has 1 aromatic rings. The maximum atomic E-state index is 12.4. The topological polar surface area (TPSA) is 95.9 Å². The minimum Gasteiger partial charge on any atom is -0.478 e. The third-order valence-corrected chi connectivity index (χ3v) is 4.25. The van der Waals surface area contributed by atoms with Gasteiger partial charge in [-0.2, -0.15) is 0 Å². The number of aromatic carboxylic acids is 1. The van der Waals surface area contributed by atoms with Gasteiger partial charge in [0.15, 0.2) is 0 Å². The predicted molar refractivity (Wildman–Crippen MR) is 86.1 cm³/mol. The molecule has 2 saturated heterocycles. The van der Waals surface area contributed by atoms with Crippen LogP contribution in [0.15, 0.2) is 12.4 Å². The number of amides is 1. The molecule has 130 valence electrons. The number of hydrogen-bond donors (Lipinski definition) is 1. The summed E-state index contributed by atoms with van der Waals surface area (Å²) in [5.41, 5.74) is -0.446. The molecule has 1 N–H and O–H groups in total. The van der Waals surface area contributed by atoms with E-state index in [0.717, 1.165) is 12.8 Å². The van der Waals surface area contributed by atoms with Crippen LogP contribution in [-0.2, 0) is 4.74 Å². The summed E-state index contributed by atoms with van der Waals surface area (Å²) in [5.74, 6) is -0.544. The van der Waals surface area contributed by atoms with Gasteiger partial charge in [0.25, 0.3) is 0 Å². The van der Waals surface area contributed by atoms with Crippen LogP contribution >= 0.6 is 0 Å². The van der Waals surface area contributed by atoms with Crippen molar-refractivity contribution >= 4 is 18.0 Å². The average molecular weight is 334 g/mol. The Hall–Kier alpha value is -2.38. The Morgan fingerprint density at radius 2 is 1.71 bits per heavy atom. The van der Waals surface area contributed by atoms with Crippen LogP contribution in [0.2, 0.25) is 0 Å². The molecule has 1 amide bonds. The first kappa shape index (κ1) is 16.5. The summed E-state index contributed by atoms with van der Waals surface area (Å²) < 4.78 is 5.51. The number of anilines is 1. The standard InChI is InChI=1S/C16H22N4O4/c1-16(2,3)24-15(23)20-11-4-5-12(20)9-19(8-11)14-17-6-10(7-18-14)13(21)22/h6-7,11-12H,4-5,8-9H2,1-3H3,(H,21,22). The Bertz CT molecular complexity index is 626. The molecule has 0 spiro atoms. The molecule has 8 nitrogen and oxygen atoms in total. The largest absolute Gasteiger partial charge is 0.478 e. The van der Waals surface area contributed by atoms with Crippen LogP contribution in [0.25, 0.3) is 0 Å². The van der Waals surface area contributed by atoms with Gasteiger partial charge in [-0.15, -0.1) is 0 Å². The number of hydrogen-bond acceptors (Lipinski definition) is 6. The first-order valence-electron chi connectivity index (χ1n) is 8.06. The van der Waals surface area contributed by atoms with Crippen molar-refractivity contribution in [1.29, 1.82) is 0 Å². The van der Waals surface area contributed by atoms with E-state index in [4.69, 9.17) is 9.84 Å². The molecule has 0 aliphatic carbocycles. The zero-order valence-corrected chi connectivity index (χ0v) is 14.1. The minimum absolute atomic E-state index is 0.0640. The molecule has 0 saturated carbocycles. The molecule has 0 radical (unpaired) electrons. The third kappa shape index (κ3) is 3.27. The molecular weight excluding hydrogens is 312 g/mol. The Kier molecular flexibility index (Phi) is 4.06. The summed E-state index contributed by atoms with van der Waals surface area (Å²) in [6.45, 7) is 6.84. The van der Waals surface area contributed by atoms with Crippen LogP contribution < -0.4 is 4.90 Å². The summed E-state index contributed by atoms with van der Waals surface area (Å²) in [5, 5.41) is 8.92. The summed E-state index contributed by atoms with van der Waals surface area (Å²) in [7, 11) is 0. The maximum absolute atomic E-state index is 12.4. The van der Waals surface area contributed by atoms with Crippen LogP contribution in [0.1, 0.15) is 44.0 Å². The molecule has 2 atom stereocenters. The van der Waals surface area contributed by atoms with E-state index in [2.05, 4.69) is 9.97 Å². The minimum atomic E-state index is -1.05. The highest BCUT2D eigenvalue weighted by Crippen LogP contribution is 2.32. The Balaban J connectivity index is 1.71. The maximum Gasteiger partial charge on any atom is 0.410 e. The molecule has 2 aliphatic rings. The van der Waals surface area contributed by atoms with Gasteiger partial charge in [0.05, 0.1) is 17.6 Å². The summed E-state index contributed by atoms with van der Waals surface area (Å²) in [4.78, 5) is 35.5. The lowest BCUT2D eigenvalue weighted by Crippen LogP contribution is -2.57. The van der Waals surface area contributed by atoms with E-state index < -0.39 is 11.6 Å². The molecule has 2 aliphatic heterocycles. The van der Waals surface area contributed by atoms with Gasteiger partial charge in [0, 0.05) is 25.5 Å². The van der Waals surface area contributed by atoms with Gasteiger partial charge in [-0.3, -0.25) is 4.90 Å². The Morgan fingerprint density at radius 1 is 1.17 bits per heavy atom. The van der Waals surface area contributed by atoms with Gasteiger partial charge in [-0.05, 0) is 33.6 Å². The molecule has 3 rings (SSSR count). The number of nitrogens with zero attached hydrogens (tertiary/aromatic N) is 4. The number of aromatic nitrogens is 2. The van der Waals surface area contributed by atoms with E-state index in [1.54, 1.807) is 0 Å². The lowest BCUT2D eigenvalue weighted by atomic mass is 10.2. The molecule has 8 heteroatoms. The highest BCUT2D eigenvalue weighted by atomic mass is 16.6. The lowest BCUT2D eigenvalue weighted by Gasteiger charge is -2.41. The number of carbonyl (C=O) groups is 2. The van der Waals surface area contributed by atoms with E-state index in [9.17, 15) is 9.59 Å². The van der Waals surface area contributed by atoms with Crippen LogP contribution in [0.3, 0.4) is 0 Å². The van der Waals surface area contributed by atoms with E-state index in [-0.39, 0.29) is 23.7 Å². The van der Waals surface area contributed by atoms with Crippen LogP contribution in [0.4, 0.5) is 10.7 Å². The predicted octanol–water partition coefficient (Wildman–Crippen LogP) is 1.76. The molecule has 2 unspecified atom stereocenters. The third-order valence-electron chi connectivity index (χ3n) is 4.25. The van der Waals surface area contributed by atoms with Crippen molar-refractivity contribution in [2.24, 2.45) is 0 Å². The van der Waals surface area contributed by atoms with E-state index in [0.29, 0.717) is 19.0 Å². The van der Waals surface area contributed by atoms with Gasteiger partial charge in [0.2, 0.25) is 5.95 Å². The molecule has 2 bridgehead atoms. The van der Waals surface area contributed by atoms with Crippen molar-refractivity contribution in [3.8, 4) is 0 Å². The normalized spacial score (nSPS) is 23.3. The van der Waals surface area contributed by atoms with Crippen LogP contribution in [-0.4, -0.2) is 62.8 Å². The number of piperazine rings is 1. The summed E-state index contributed by atoms with van der Waals surface area (Å²) in [6, 6.07) is 0.141. The number of carbonyl (C=O) groups excluding carboxylic acids is 1. The second-order valence-corrected chi connectivity index (χ2v) is 7.25. The second kappa shape index (κ2) is 5.92. The van der Waals surface area contributed by atoms with Gasteiger partial charge >= 0.3 is 12.1 Å². The molecular formula is C16H22N4O4. The average Bonchev–Trinajstić information content (AvgIpc) is 2.76. The van der Waals surface area contributed by atoms with Crippen molar-refractivity contribution in [3.05, 3.63) is 18.0 Å². The number of fused-ring (bicyclic) bond motifs is 2. The Labute approximate surface area is 140 Å². The number of ether oxygens (including phenoxy) is 1. The zero-order valence-electron chi connectivity index (χ0n) is 14.1. The molecule has 1 aromatic heterocycles. The first-order chi connectivity index (χ1) is 11.2. The first-order valence-corrected chi connectivity index (χ1v) is 8.06. The summed E-state index contributed by atoms with van der Waals surface area (Å²) >= 11 is 0. The monoisotopic (exact) mass is 334 g/mol. The quantitative estimate of drug-likeness (QED) is 0.880. The second-order valence-electron chi connectivity index (χ2n) is 7.25. The van der Waals surface area contributed by atoms with Crippen molar-refractivity contribution in [2.45, 2.75) is 51.3 Å². The molecule has 2 fully saturated rings. The highest BCUT2D eigenvalue weighted by Gasteiger charge is 2.44. The lowest BCUT2D eigenvalue weighted by molar-refractivity contribution is 0.0122. The zero-order chi connectivity index (χ0) is 17.5. The van der Waals surface area contributed by atoms with E-state index in [1.807, 2.05) is 30.6 Å². The fraction of sp³-hybridized carbons (Fsp3) is 0.625. The van der Waals surface area contributed by atoms with Crippen molar-refractivity contribution in [3.63, 3.8) is 0 Å². The fourth-order valence-electron chi connectivity index (χ4n) is 3.27.